The van der Waals surface area contributed by atoms with E-state index in [2.05, 4.69) is 51.8 Å². The molecule has 0 aliphatic carbocycles. The highest BCUT2D eigenvalue weighted by atomic mass is 16.5. The van der Waals surface area contributed by atoms with Crippen LogP contribution < -0.4 is 19.8 Å². The second kappa shape index (κ2) is 16.9. The van der Waals surface area contributed by atoms with Crippen LogP contribution >= 0.6 is 0 Å². The van der Waals surface area contributed by atoms with E-state index in [1.54, 1.807) is 0 Å². The molecule has 5 nitrogen and oxygen atoms in total. The predicted molar refractivity (Wildman–Crippen MR) is 152 cm³/mol. The minimum atomic E-state index is -0.272. The Bertz CT molecular complexity index is 1030. The minimum Gasteiger partial charge on any atom is -0.494 e. The van der Waals surface area contributed by atoms with Gasteiger partial charge in [0.15, 0.2) is 5.75 Å². The molecule has 0 aliphatic rings. The lowest BCUT2D eigenvalue weighted by Gasteiger charge is -2.15. The zero-order valence-electron chi connectivity index (χ0n) is 23.2. The molecule has 0 atom stereocenters. The fourth-order valence-corrected chi connectivity index (χ4v) is 3.94. The summed E-state index contributed by atoms with van der Waals surface area (Å²) in [6.45, 7) is 12.2. The largest absolute Gasteiger partial charge is 0.494 e. The van der Waals surface area contributed by atoms with E-state index in [1.807, 2.05) is 18.2 Å². The molecular weight excluding hydrogens is 450 g/mol. The summed E-state index contributed by atoms with van der Waals surface area (Å²) in [5, 5.41) is 0.823. The van der Waals surface area contributed by atoms with Crippen molar-refractivity contribution in [3.63, 3.8) is 0 Å². The summed E-state index contributed by atoms with van der Waals surface area (Å²) < 4.78 is 18.0. The fourth-order valence-electron chi connectivity index (χ4n) is 3.94. The molecule has 200 valence electrons. The van der Waals surface area contributed by atoms with E-state index in [4.69, 9.17) is 14.2 Å². The maximum absolute atomic E-state index is 12.9. The van der Waals surface area contributed by atoms with Gasteiger partial charge < -0.3 is 19.2 Å². The van der Waals surface area contributed by atoms with Crippen LogP contribution in [0.1, 0.15) is 98.8 Å². The van der Waals surface area contributed by atoms with Gasteiger partial charge in [-0.05, 0) is 64.7 Å². The molecule has 36 heavy (non-hydrogen) atoms. The maximum Gasteiger partial charge on any atom is 0.294 e. The molecule has 0 unspecified atom stereocenters. The van der Waals surface area contributed by atoms with E-state index >= 15 is 0 Å². The van der Waals surface area contributed by atoms with Crippen LogP contribution in [-0.2, 0) is 0 Å². The molecule has 0 saturated heterocycles. The van der Waals surface area contributed by atoms with Crippen molar-refractivity contribution in [3.05, 3.63) is 51.9 Å². The van der Waals surface area contributed by atoms with Gasteiger partial charge >= 0.3 is 0 Å². The number of allylic oxidation sites excluding steroid dienone is 3. The first-order valence-electron chi connectivity index (χ1n) is 13.8. The van der Waals surface area contributed by atoms with Crippen molar-refractivity contribution >= 4 is 10.9 Å². The number of benzene rings is 1. The Labute approximate surface area is 217 Å². The molecule has 0 radical (unpaired) electrons. The number of aromatic nitrogens is 1. The average molecular weight is 498 g/mol. The van der Waals surface area contributed by atoms with Crippen molar-refractivity contribution in [1.29, 1.82) is 0 Å². The fraction of sp³-hybridized carbons (Fsp3) is 0.581. The monoisotopic (exact) mass is 497 g/mol. The molecule has 5 heteroatoms. The molecule has 2 aromatic rings. The average Bonchev–Trinajstić information content (AvgIpc) is 2.84. The predicted octanol–water partition coefficient (Wildman–Crippen LogP) is 8.52. The molecule has 1 aromatic carbocycles. The first kappa shape index (κ1) is 29.5. The maximum atomic E-state index is 12.9. The normalized spacial score (nSPS) is 11.5. The Morgan fingerprint density at radius 1 is 0.833 bits per heavy atom. The Balaban J connectivity index is 2.14. The van der Waals surface area contributed by atoms with E-state index in [-0.39, 0.29) is 11.3 Å². The number of pyridine rings is 1. The van der Waals surface area contributed by atoms with E-state index in [0.29, 0.717) is 31.1 Å². The van der Waals surface area contributed by atoms with Gasteiger partial charge in [0, 0.05) is 11.5 Å². The number of hydrogen-bond donors (Lipinski definition) is 1. The highest BCUT2D eigenvalue weighted by Crippen LogP contribution is 2.33. The molecule has 0 aliphatic heterocycles. The standard InChI is InChI=1S/C31H47NO4/c1-6-8-10-11-12-13-21-34-26-17-18-27-28(23-26)32-31(33)30(35-20-9-7-2)29(27)36-22-19-25(5)16-14-15-24(3)4/h15,17-19,23H,6-14,16,20-22H2,1-5H3,(H,32,33)/b25-19+. The van der Waals surface area contributed by atoms with Crippen LogP contribution in [0.25, 0.3) is 10.9 Å². The third kappa shape index (κ3) is 10.5. The molecule has 0 amide bonds. The van der Waals surface area contributed by atoms with Gasteiger partial charge in [-0.1, -0.05) is 69.6 Å². The number of nitrogens with one attached hydrogen (secondary N) is 1. The molecule has 1 aromatic heterocycles. The van der Waals surface area contributed by atoms with Crippen LogP contribution in [0.3, 0.4) is 0 Å². The lowest BCUT2D eigenvalue weighted by atomic mass is 10.1. The van der Waals surface area contributed by atoms with Gasteiger partial charge in [-0.3, -0.25) is 4.79 Å². The Kier molecular flexibility index (Phi) is 13.9. The quantitative estimate of drug-likeness (QED) is 0.166. The smallest absolute Gasteiger partial charge is 0.294 e. The number of ether oxygens (including phenoxy) is 3. The summed E-state index contributed by atoms with van der Waals surface area (Å²) in [7, 11) is 0. The van der Waals surface area contributed by atoms with Crippen molar-refractivity contribution < 1.29 is 14.2 Å². The molecule has 0 fully saturated rings. The van der Waals surface area contributed by atoms with Gasteiger partial charge in [0.1, 0.15) is 12.4 Å². The van der Waals surface area contributed by atoms with E-state index in [1.165, 1.54) is 43.3 Å². The number of H-pyrrole nitrogens is 1. The van der Waals surface area contributed by atoms with E-state index < -0.39 is 0 Å². The summed E-state index contributed by atoms with van der Waals surface area (Å²) in [6.07, 6.45) is 15.5. The minimum absolute atomic E-state index is 0.257. The summed E-state index contributed by atoms with van der Waals surface area (Å²) >= 11 is 0. The zero-order chi connectivity index (χ0) is 26.2. The summed E-state index contributed by atoms with van der Waals surface area (Å²) in [4.78, 5) is 15.9. The molecule has 0 bridgehead atoms. The number of unbranched alkanes of at least 4 members (excludes halogenated alkanes) is 6. The van der Waals surface area contributed by atoms with Crippen LogP contribution in [0.5, 0.6) is 17.2 Å². The van der Waals surface area contributed by atoms with Gasteiger partial charge in [0.05, 0.1) is 18.7 Å². The van der Waals surface area contributed by atoms with E-state index in [9.17, 15) is 4.79 Å². The first-order valence-corrected chi connectivity index (χ1v) is 13.8. The van der Waals surface area contributed by atoms with Crippen molar-refractivity contribution in [2.75, 3.05) is 19.8 Å². The molecular formula is C31H47NO4. The van der Waals surface area contributed by atoms with Gasteiger partial charge in [-0.25, -0.2) is 0 Å². The van der Waals surface area contributed by atoms with Crippen LogP contribution in [0.15, 0.2) is 46.3 Å². The third-order valence-electron chi connectivity index (χ3n) is 6.16. The number of hydrogen-bond acceptors (Lipinski definition) is 4. The highest BCUT2D eigenvalue weighted by molar-refractivity contribution is 5.88. The van der Waals surface area contributed by atoms with Crippen molar-refractivity contribution in [1.82, 2.24) is 4.98 Å². The summed E-state index contributed by atoms with van der Waals surface area (Å²) in [5.74, 6) is 1.51. The van der Waals surface area contributed by atoms with Crippen LogP contribution in [0.4, 0.5) is 0 Å². The van der Waals surface area contributed by atoms with Crippen molar-refractivity contribution in [3.8, 4) is 17.2 Å². The van der Waals surface area contributed by atoms with Crippen LogP contribution in [-0.4, -0.2) is 24.8 Å². The SMILES string of the molecule is CCCCCCCCOc1ccc2c(OC/C=C(\C)CCC=C(C)C)c(OCCCC)c(=O)[nH]c2c1. The van der Waals surface area contributed by atoms with Crippen LogP contribution in [0, 0.1) is 0 Å². The topological polar surface area (TPSA) is 60.6 Å². The number of rotatable bonds is 18. The second-order valence-electron chi connectivity index (χ2n) is 9.82. The van der Waals surface area contributed by atoms with Crippen LogP contribution in [0.2, 0.25) is 0 Å². The second-order valence-corrected chi connectivity index (χ2v) is 9.82. The molecule has 0 spiro atoms. The molecule has 2 rings (SSSR count). The van der Waals surface area contributed by atoms with Gasteiger partial charge in [0.25, 0.3) is 5.56 Å². The Morgan fingerprint density at radius 2 is 1.56 bits per heavy atom. The molecule has 0 saturated carbocycles. The zero-order valence-corrected chi connectivity index (χ0v) is 23.2. The molecule has 1 N–H and O–H groups in total. The first-order chi connectivity index (χ1) is 17.5. The lowest BCUT2D eigenvalue weighted by Crippen LogP contribution is -2.15. The van der Waals surface area contributed by atoms with Crippen molar-refractivity contribution in [2.45, 2.75) is 98.8 Å². The lowest BCUT2D eigenvalue weighted by molar-refractivity contribution is 0.277. The summed E-state index contributed by atoms with van der Waals surface area (Å²) in [6, 6.07) is 5.78. The highest BCUT2D eigenvalue weighted by Gasteiger charge is 2.16. The number of fused-ring (bicyclic) bond motifs is 1. The number of aromatic amines is 1. The van der Waals surface area contributed by atoms with Gasteiger partial charge in [-0.2, -0.15) is 0 Å². The van der Waals surface area contributed by atoms with Crippen molar-refractivity contribution in [2.24, 2.45) is 0 Å². The van der Waals surface area contributed by atoms with Gasteiger partial charge in [0.2, 0.25) is 5.75 Å². The Hall–Kier alpha value is -2.69. The molecule has 1 heterocycles. The van der Waals surface area contributed by atoms with Gasteiger partial charge in [-0.15, -0.1) is 0 Å². The Morgan fingerprint density at radius 3 is 2.31 bits per heavy atom. The van der Waals surface area contributed by atoms with E-state index in [0.717, 1.165) is 43.2 Å². The summed E-state index contributed by atoms with van der Waals surface area (Å²) in [5.41, 5.74) is 3.02. The third-order valence-corrected chi connectivity index (χ3v) is 6.16.